The van der Waals surface area contributed by atoms with Crippen molar-refractivity contribution in [1.82, 2.24) is 19.7 Å². The summed E-state index contributed by atoms with van der Waals surface area (Å²) < 4.78 is 1.92. The number of nitrogens with zero attached hydrogens (tertiary/aromatic N) is 4. The SMILES string of the molecule is CCn1nc(CC(=O)c2cncnc2)c2ccccc21. The van der Waals surface area contributed by atoms with Crippen LogP contribution in [0, 0.1) is 0 Å². The van der Waals surface area contributed by atoms with Crippen LogP contribution < -0.4 is 0 Å². The number of rotatable bonds is 4. The van der Waals surface area contributed by atoms with Crippen molar-refractivity contribution in [3.8, 4) is 0 Å². The van der Waals surface area contributed by atoms with Crippen molar-refractivity contribution in [2.45, 2.75) is 19.9 Å². The van der Waals surface area contributed by atoms with Crippen molar-refractivity contribution in [2.24, 2.45) is 0 Å². The molecule has 0 saturated carbocycles. The first-order valence-electron chi connectivity index (χ1n) is 6.52. The lowest BCUT2D eigenvalue weighted by Gasteiger charge is -1.97. The van der Waals surface area contributed by atoms with Gasteiger partial charge in [0.15, 0.2) is 5.78 Å². The van der Waals surface area contributed by atoms with Crippen LogP contribution in [-0.2, 0) is 13.0 Å². The van der Waals surface area contributed by atoms with Gasteiger partial charge in [-0.3, -0.25) is 9.48 Å². The zero-order chi connectivity index (χ0) is 13.9. The summed E-state index contributed by atoms with van der Waals surface area (Å²) in [5.41, 5.74) is 2.38. The number of para-hydroxylation sites is 1. The minimum absolute atomic E-state index is 0.0166. The number of carbonyl (C=O) groups is 1. The van der Waals surface area contributed by atoms with Crippen LogP contribution in [-0.4, -0.2) is 25.5 Å². The second-order valence-corrected chi connectivity index (χ2v) is 4.51. The van der Waals surface area contributed by atoms with Crippen LogP contribution in [0.3, 0.4) is 0 Å². The Kier molecular flexibility index (Phi) is 3.25. The zero-order valence-corrected chi connectivity index (χ0v) is 11.2. The Morgan fingerprint density at radius 3 is 2.70 bits per heavy atom. The van der Waals surface area contributed by atoms with Gasteiger partial charge >= 0.3 is 0 Å². The maximum atomic E-state index is 12.2. The minimum Gasteiger partial charge on any atom is -0.294 e. The molecule has 100 valence electrons. The highest BCUT2D eigenvalue weighted by molar-refractivity contribution is 5.98. The molecule has 0 aliphatic heterocycles. The Hall–Kier alpha value is -2.56. The van der Waals surface area contributed by atoms with E-state index in [0.29, 0.717) is 5.56 Å². The molecule has 0 spiro atoms. The van der Waals surface area contributed by atoms with Crippen molar-refractivity contribution >= 4 is 16.7 Å². The van der Waals surface area contributed by atoms with Crippen molar-refractivity contribution in [2.75, 3.05) is 0 Å². The summed E-state index contributed by atoms with van der Waals surface area (Å²) in [5, 5.41) is 5.56. The van der Waals surface area contributed by atoms with Gasteiger partial charge in [-0.1, -0.05) is 18.2 Å². The highest BCUT2D eigenvalue weighted by atomic mass is 16.1. The van der Waals surface area contributed by atoms with Gasteiger partial charge in [-0.25, -0.2) is 9.97 Å². The average molecular weight is 266 g/mol. The predicted molar refractivity (Wildman–Crippen MR) is 75.5 cm³/mol. The van der Waals surface area contributed by atoms with E-state index in [1.807, 2.05) is 35.9 Å². The molecule has 0 fully saturated rings. The van der Waals surface area contributed by atoms with E-state index in [1.54, 1.807) is 0 Å². The molecule has 0 unspecified atom stereocenters. The number of fused-ring (bicyclic) bond motifs is 1. The van der Waals surface area contributed by atoms with E-state index in [4.69, 9.17) is 0 Å². The third-order valence-electron chi connectivity index (χ3n) is 3.24. The molecule has 0 radical (unpaired) electrons. The maximum Gasteiger partial charge on any atom is 0.172 e. The van der Waals surface area contributed by atoms with Crippen LogP contribution in [0.25, 0.3) is 10.9 Å². The third kappa shape index (κ3) is 2.18. The molecular weight excluding hydrogens is 252 g/mol. The van der Waals surface area contributed by atoms with Crippen LogP contribution in [0.5, 0.6) is 0 Å². The number of benzene rings is 1. The molecule has 0 bridgehead atoms. The summed E-state index contributed by atoms with van der Waals surface area (Å²) in [5.74, 6) is -0.0166. The molecule has 5 heteroatoms. The van der Waals surface area contributed by atoms with Crippen LogP contribution in [0.2, 0.25) is 0 Å². The van der Waals surface area contributed by atoms with Gasteiger partial charge in [0, 0.05) is 24.3 Å². The molecule has 2 aromatic heterocycles. The zero-order valence-electron chi connectivity index (χ0n) is 11.2. The molecule has 0 atom stereocenters. The van der Waals surface area contributed by atoms with E-state index < -0.39 is 0 Å². The van der Waals surface area contributed by atoms with Crippen molar-refractivity contribution in [1.29, 1.82) is 0 Å². The first-order chi connectivity index (χ1) is 9.79. The first-order valence-corrected chi connectivity index (χ1v) is 6.52. The largest absolute Gasteiger partial charge is 0.294 e. The number of carbonyl (C=O) groups excluding carboxylic acids is 1. The normalized spacial score (nSPS) is 10.8. The van der Waals surface area contributed by atoms with Crippen molar-refractivity contribution in [3.05, 3.63) is 54.2 Å². The van der Waals surface area contributed by atoms with Crippen molar-refractivity contribution in [3.63, 3.8) is 0 Å². The highest BCUT2D eigenvalue weighted by Gasteiger charge is 2.14. The smallest absolute Gasteiger partial charge is 0.172 e. The highest BCUT2D eigenvalue weighted by Crippen LogP contribution is 2.19. The lowest BCUT2D eigenvalue weighted by molar-refractivity contribution is 0.0991. The summed E-state index contributed by atoms with van der Waals surface area (Å²) in [4.78, 5) is 20.0. The van der Waals surface area contributed by atoms with E-state index in [2.05, 4.69) is 15.1 Å². The van der Waals surface area contributed by atoms with Gasteiger partial charge in [-0.05, 0) is 13.0 Å². The molecule has 0 N–H and O–H groups in total. The summed E-state index contributed by atoms with van der Waals surface area (Å²) in [7, 11) is 0. The second-order valence-electron chi connectivity index (χ2n) is 4.51. The standard InChI is InChI=1S/C15H14N4O/c1-2-19-14-6-4-3-5-12(14)13(18-19)7-15(20)11-8-16-10-17-9-11/h3-6,8-10H,2,7H2,1H3. The fourth-order valence-corrected chi connectivity index (χ4v) is 2.27. The summed E-state index contributed by atoms with van der Waals surface area (Å²) in [6, 6.07) is 7.96. The Labute approximate surface area is 116 Å². The Balaban J connectivity index is 1.97. The Morgan fingerprint density at radius 1 is 1.20 bits per heavy atom. The number of aromatic nitrogens is 4. The molecule has 3 aromatic rings. The molecular formula is C15H14N4O. The number of aryl methyl sites for hydroxylation is 1. The van der Waals surface area contributed by atoms with E-state index in [-0.39, 0.29) is 12.2 Å². The third-order valence-corrected chi connectivity index (χ3v) is 3.24. The van der Waals surface area contributed by atoms with E-state index in [9.17, 15) is 4.79 Å². The molecule has 3 rings (SSSR count). The van der Waals surface area contributed by atoms with Gasteiger partial charge < -0.3 is 0 Å². The molecule has 2 heterocycles. The van der Waals surface area contributed by atoms with Gasteiger partial charge in [0.25, 0.3) is 0 Å². The topological polar surface area (TPSA) is 60.7 Å². The summed E-state index contributed by atoms with van der Waals surface area (Å²) >= 11 is 0. The van der Waals surface area contributed by atoms with Gasteiger partial charge in [-0.15, -0.1) is 0 Å². The fraction of sp³-hybridized carbons (Fsp3) is 0.200. The second kappa shape index (κ2) is 5.21. The monoisotopic (exact) mass is 266 g/mol. The molecule has 0 aliphatic carbocycles. The van der Waals surface area contributed by atoms with Gasteiger partial charge in [0.05, 0.1) is 23.2 Å². The molecule has 0 saturated heterocycles. The minimum atomic E-state index is -0.0166. The van der Waals surface area contributed by atoms with Crippen LogP contribution in [0.1, 0.15) is 23.0 Å². The van der Waals surface area contributed by atoms with E-state index in [1.165, 1.54) is 18.7 Å². The van der Waals surface area contributed by atoms with Gasteiger partial charge in [-0.2, -0.15) is 5.10 Å². The van der Waals surface area contributed by atoms with Crippen LogP contribution in [0.4, 0.5) is 0 Å². The Morgan fingerprint density at radius 2 is 1.95 bits per heavy atom. The summed E-state index contributed by atoms with van der Waals surface area (Å²) in [6.45, 7) is 2.82. The number of hydrogen-bond donors (Lipinski definition) is 0. The van der Waals surface area contributed by atoms with Crippen molar-refractivity contribution < 1.29 is 4.79 Å². The lowest BCUT2D eigenvalue weighted by Crippen LogP contribution is -2.06. The quantitative estimate of drug-likeness (QED) is 0.680. The molecule has 20 heavy (non-hydrogen) atoms. The fourth-order valence-electron chi connectivity index (χ4n) is 2.27. The number of hydrogen-bond acceptors (Lipinski definition) is 4. The average Bonchev–Trinajstić information content (AvgIpc) is 2.86. The summed E-state index contributed by atoms with van der Waals surface area (Å²) in [6.07, 6.45) is 4.75. The number of ketones is 1. The number of Topliss-reactive ketones (excluding diaryl/α,β-unsaturated/α-hetero) is 1. The first kappa shape index (κ1) is 12.5. The maximum absolute atomic E-state index is 12.2. The van der Waals surface area contributed by atoms with E-state index in [0.717, 1.165) is 23.1 Å². The van der Waals surface area contributed by atoms with Gasteiger partial charge in [0.1, 0.15) is 6.33 Å². The Bertz CT molecular complexity index is 749. The van der Waals surface area contributed by atoms with Crippen LogP contribution >= 0.6 is 0 Å². The van der Waals surface area contributed by atoms with Gasteiger partial charge in [0.2, 0.25) is 0 Å². The molecule has 1 aromatic carbocycles. The van der Waals surface area contributed by atoms with E-state index >= 15 is 0 Å². The molecule has 5 nitrogen and oxygen atoms in total. The molecule has 0 amide bonds. The predicted octanol–water partition coefficient (Wildman–Crippen LogP) is 2.27. The molecule has 0 aliphatic rings. The van der Waals surface area contributed by atoms with Crippen LogP contribution in [0.15, 0.2) is 43.0 Å². The lowest BCUT2D eigenvalue weighted by atomic mass is 10.1.